The van der Waals surface area contributed by atoms with Crippen molar-refractivity contribution in [3.63, 3.8) is 0 Å². The van der Waals surface area contributed by atoms with Gasteiger partial charge in [-0.2, -0.15) is 0 Å². The summed E-state index contributed by atoms with van der Waals surface area (Å²) in [4.78, 5) is 11.8. The van der Waals surface area contributed by atoms with Gasteiger partial charge in [0.2, 0.25) is 0 Å². The van der Waals surface area contributed by atoms with Crippen molar-refractivity contribution >= 4 is 15.6 Å². The zero-order valence-corrected chi connectivity index (χ0v) is 10.9. The summed E-state index contributed by atoms with van der Waals surface area (Å²) < 4.78 is 29.0. The molecule has 1 saturated carbocycles. The number of ether oxygens (including phenoxy) is 1. The highest BCUT2D eigenvalue weighted by molar-refractivity contribution is 7.92. The molecule has 2 rings (SSSR count). The third-order valence-corrected chi connectivity index (χ3v) is 5.24. The van der Waals surface area contributed by atoms with Crippen LogP contribution in [0.5, 0.6) is 0 Å². The third kappa shape index (κ3) is 3.78. The fraction of sp³-hybridized carbons (Fsp3) is 0.917. The molecule has 0 aromatic heterocycles. The van der Waals surface area contributed by atoms with Crippen LogP contribution in [0.25, 0.3) is 0 Å². The van der Waals surface area contributed by atoms with Gasteiger partial charge in [-0.3, -0.25) is 4.79 Å². The average Bonchev–Trinajstić information content (AvgIpc) is 2.85. The number of rotatable bonds is 5. The molecule has 2 aliphatic rings. The van der Waals surface area contributed by atoms with Crippen molar-refractivity contribution in [1.29, 1.82) is 0 Å². The normalized spacial score (nSPS) is 26.5. The lowest BCUT2D eigenvalue weighted by atomic mass is 10.0. The third-order valence-electron chi connectivity index (χ3n) is 3.64. The largest absolute Gasteiger partial charge is 0.377 e. The van der Waals surface area contributed by atoms with Crippen LogP contribution in [0.1, 0.15) is 38.5 Å². The van der Waals surface area contributed by atoms with Gasteiger partial charge in [0.25, 0.3) is 0 Å². The number of ketones is 1. The number of hydrogen-bond donors (Lipinski definition) is 0. The summed E-state index contributed by atoms with van der Waals surface area (Å²) >= 11 is 0. The van der Waals surface area contributed by atoms with Crippen LogP contribution >= 0.6 is 0 Å². The van der Waals surface area contributed by atoms with Gasteiger partial charge >= 0.3 is 0 Å². The lowest BCUT2D eigenvalue weighted by molar-refractivity contribution is -0.120. The van der Waals surface area contributed by atoms with Crippen molar-refractivity contribution in [3.8, 4) is 0 Å². The predicted octanol–water partition coefficient (Wildman–Crippen LogP) is 1.34. The van der Waals surface area contributed by atoms with Gasteiger partial charge in [-0.05, 0) is 25.7 Å². The number of carbonyl (C=O) groups excluding carboxylic acids is 1. The van der Waals surface area contributed by atoms with Crippen LogP contribution in [0.3, 0.4) is 0 Å². The first-order chi connectivity index (χ1) is 8.07. The SMILES string of the molecule is O=C(CS(=O)(=O)CC1CCCO1)C1CCCC1. The van der Waals surface area contributed by atoms with Crippen LogP contribution in [0, 0.1) is 5.92 Å². The Bertz CT molecular complexity index is 362. The van der Waals surface area contributed by atoms with Gasteiger partial charge < -0.3 is 4.74 Å². The van der Waals surface area contributed by atoms with E-state index in [0.717, 1.165) is 38.5 Å². The van der Waals surface area contributed by atoms with Gasteiger partial charge in [-0.25, -0.2) is 8.42 Å². The Balaban J connectivity index is 1.85. The summed E-state index contributed by atoms with van der Waals surface area (Å²) in [6.07, 6.45) is 5.40. The van der Waals surface area contributed by atoms with E-state index in [-0.39, 0.29) is 29.3 Å². The molecule has 0 radical (unpaired) electrons. The molecule has 1 atom stereocenters. The maximum absolute atomic E-state index is 11.9. The fourth-order valence-electron chi connectivity index (χ4n) is 2.70. The summed E-state index contributed by atoms with van der Waals surface area (Å²) in [5, 5.41) is 0. The molecular weight excluding hydrogens is 240 g/mol. The lowest BCUT2D eigenvalue weighted by Gasteiger charge is -2.11. The lowest BCUT2D eigenvalue weighted by Crippen LogP contribution is -2.28. The first-order valence-corrected chi connectivity index (χ1v) is 8.24. The fourth-order valence-corrected chi connectivity index (χ4v) is 4.32. The molecule has 0 amide bonds. The van der Waals surface area contributed by atoms with Crippen LogP contribution in [0.4, 0.5) is 0 Å². The summed E-state index contributed by atoms with van der Waals surface area (Å²) in [5.41, 5.74) is 0. The van der Waals surface area contributed by atoms with Crippen LogP contribution in [-0.2, 0) is 19.4 Å². The maximum atomic E-state index is 11.9. The van der Waals surface area contributed by atoms with Crippen molar-refractivity contribution in [1.82, 2.24) is 0 Å². The Labute approximate surface area is 103 Å². The van der Waals surface area contributed by atoms with E-state index in [1.54, 1.807) is 0 Å². The number of hydrogen-bond acceptors (Lipinski definition) is 4. The second kappa shape index (κ2) is 5.48. The smallest absolute Gasteiger partial charge is 0.159 e. The van der Waals surface area contributed by atoms with Gasteiger partial charge in [0, 0.05) is 12.5 Å². The number of Topliss-reactive ketones (excluding diaryl/α,β-unsaturated/α-hetero) is 1. The van der Waals surface area contributed by atoms with Crippen LogP contribution in [0.2, 0.25) is 0 Å². The zero-order chi connectivity index (χ0) is 12.3. The molecular formula is C12H20O4S. The molecule has 1 aliphatic heterocycles. The number of carbonyl (C=O) groups is 1. The minimum Gasteiger partial charge on any atom is -0.377 e. The molecule has 98 valence electrons. The van der Waals surface area contributed by atoms with E-state index in [0.29, 0.717) is 6.61 Å². The predicted molar refractivity (Wildman–Crippen MR) is 64.6 cm³/mol. The van der Waals surface area contributed by atoms with Crippen molar-refractivity contribution in [2.24, 2.45) is 5.92 Å². The minimum atomic E-state index is -3.28. The Morgan fingerprint density at radius 3 is 2.41 bits per heavy atom. The molecule has 1 unspecified atom stereocenters. The molecule has 0 aromatic rings. The first kappa shape index (κ1) is 13.0. The van der Waals surface area contributed by atoms with Crippen molar-refractivity contribution in [2.75, 3.05) is 18.1 Å². The van der Waals surface area contributed by atoms with Gasteiger partial charge in [-0.15, -0.1) is 0 Å². The van der Waals surface area contributed by atoms with Gasteiger partial charge in [0.1, 0.15) is 5.75 Å². The molecule has 0 bridgehead atoms. The van der Waals surface area contributed by atoms with E-state index in [4.69, 9.17) is 4.74 Å². The molecule has 17 heavy (non-hydrogen) atoms. The Morgan fingerprint density at radius 2 is 1.82 bits per heavy atom. The second-order valence-electron chi connectivity index (χ2n) is 5.14. The molecule has 1 aliphatic carbocycles. The number of sulfone groups is 1. The first-order valence-electron chi connectivity index (χ1n) is 6.41. The topological polar surface area (TPSA) is 60.4 Å². The van der Waals surface area contributed by atoms with E-state index in [2.05, 4.69) is 0 Å². The molecule has 0 aromatic carbocycles. The standard InChI is InChI=1S/C12H20O4S/c13-12(10-4-1-2-5-10)9-17(14,15)8-11-6-3-7-16-11/h10-11H,1-9H2. The summed E-state index contributed by atoms with van der Waals surface area (Å²) in [7, 11) is -3.28. The van der Waals surface area contributed by atoms with Crippen LogP contribution < -0.4 is 0 Å². The molecule has 5 heteroatoms. The van der Waals surface area contributed by atoms with E-state index in [1.165, 1.54) is 0 Å². The summed E-state index contributed by atoms with van der Waals surface area (Å²) in [6.45, 7) is 0.650. The summed E-state index contributed by atoms with van der Waals surface area (Å²) in [5.74, 6) is -0.349. The highest BCUT2D eigenvalue weighted by Crippen LogP contribution is 2.26. The van der Waals surface area contributed by atoms with Crippen molar-refractivity contribution in [2.45, 2.75) is 44.6 Å². The van der Waals surface area contributed by atoms with E-state index < -0.39 is 9.84 Å². The van der Waals surface area contributed by atoms with Crippen molar-refractivity contribution in [3.05, 3.63) is 0 Å². The molecule has 4 nitrogen and oxygen atoms in total. The van der Waals surface area contributed by atoms with Crippen molar-refractivity contribution < 1.29 is 17.9 Å². The molecule has 1 heterocycles. The highest BCUT2D eigenvalue weighted by atomic mass is 32.2. The Morgan fingerprint density at radius 1 is 1.12 bits per heavy atom. The van der Waals surface area contributed by atoms with E-state index in [1.807, 2.05) is 0 Å². The minimum absolute atomic E-state index is 0.00530. The van der Waals surface area contributed by atoms with Crippen LogP contribution in [-0.4, -0.2) is 38.4 Å². The monoisotopic (exact) mass is 260 g/mol. The van der Waals surface area contributed by atoms with Gasteiger partial charge in [0.05, 0.1) is 11.9 Å². The Kier molecular flexibility index (Phi) is 4.20. The average molecular weight is 260 g/mol. The zero-order valence-electron chi connectivity index (χ0n) is 10.1. The molecule has 0 spiro atoms. The molecule has 0 N–H and O–H groups in total. The second-order valence-corrected chi connectivity index (χ2v) is 7.25. The van der Waals surface area contributed by atoms with E-state index in [9.17, 15) is 13.2 Å². The van der Waals surface area contributed by atoms with E-state index >= 15 is 0 Å². The highest BCUT2D eigenvalue weighted by Gasteiger charge is 2.29. The molecule has 2 fully saturated rings. The summed E-state index contributed by atoms with van der Waals surface area (Å²) in [6, 6.07) is 0. The van der Waals surface area contributed by atoms with Gasteiger partial charge in [-0.1, -0.05) is 12.8 Å². The van der Waals surface area contributed by atoms with Gasteiger partial charge in [0.15, 0.2) is 15.6 Å². The Hall–Kier alpha value is -0.420. The quantitative estimate of drug-likeness (QED) is 0.748. The molecule has 1 saturated heterocycles. The van der Waals surface area contributed by atoms with Crippen LogP contribution in [0.15, 0.2) is 0 Å². The maximum Gasteiger partial charge on any atom is 0.159 e.